The largest absolute Gasteiger partial charge is 0.388 e. The van der Waals surface area contributed by atoms with Crippen molar-refractivity contribution in [2.24, 2.45) is 5.92 Å². The fourth-order valence-electron chi connectivity index (χ4n) is 3.75. The van der Waals surface area contributed by atoms with Crippen LogP contribution in [0.3, 0.4) is 0 Å². The minimum atomic E-state index is -0.814. The number of rotatable bonds is 6. The maximum absolute atomic E-state index is 12.6. The number of nitrogens with zero attached hydrogens (tertiary/aromatic N) is 3. The predicted octanol–water partition coefficient (Wildman–Crippen LogP) is 0.436. The summed E-state index contributed by atoms with van der Waals surface area (Å²) in [6.07, 6.45) is 4.75. The zero-order valence-corrected chi connectivity index (χ0v) is 16.1. The van der Waals surface area contributed by atoms with Gasteiger partial charge < -0.3 is 20.2 Å². The van der Waals surface area contributed by atoms with E-state index >= 15 is 0 Å². The molecule has 0 radical (unpaired) electrons. The molecule has 27 heavy (non-hydrogen) atoms. The van der Waals surface area contributed by atoms with Gasteiger partial charge in [0.05, 0.1) is 11.5 Å². The summed E-state index contributed by atoms with van der Waals surface area (Å²) in [7, 11) is 2.04. The van der Waals surface area contributed by atoms with E-state index in [4.69, 9.17) is 0 Å². The minimum Gasteiger partial charge on any atom is -0.388 e. The second kappa shape index (κ2) is 8.80. The first-order chi connectivity index (χ1) is 13.0. The van der Waals surface area contributed by atoms with E-state index in [1.54, 1.807) is 11.1 Å². The fourth-order valence-corrected chi connectivity index (χ4v) is 3.75. The molecule has 0 bridgehead atoms. The summed E-state index contributed by atoms with van der Waals surface area (Å²) in [5.74, 6) is -0.164. The molecule has 2 aliphatic rings. The number of amides is 2. The van der Waals surface area contributed by atoms with Gasteiger partial charge in [-0.05, 0) is 38.4 Å². The molecule has 0 aliphatic carbocycles. The van der Waals surface area contributed by atoms with Gasteiger partial charge in [-0.2, -0.15) is 0 Å². The van der Waals surface area contributed by atoms with Gasteiger partial charge in [0.15, 0.2) is 0 Å². The van der Waals surface area contributed by atoms with Gasteiger partial charge in [-0.25, -0.2) is 0 Å². The maximum Gasteiger partial charge on any atom is 0.225 e. The zero-order valence-electron chi connectivity index (χ0n) is 16.1. The first-order valence-corrected chi connectivity index (χ1v) is 9.81. The summed E-state index contributed by atoms with van der Waals surface area (Å²) in [6.45, 7) is 2.99. The van der Waals surface area contributed by atoms with Gasteiger partial charge in [-0.3, -0.25) is 14.6 Å². The highest BCUT2D eigenvalue weighted by Gasteiger charge is 2.34. The number of nitrogens with one attached hydrogen (secondary N) is 1. The normalized spacial score (nSPS) is 23.3. The molecule has 148 valence electrons. The Balaban J connectivity index is 1.47. The Morgan fingerprint density at radius 1 is 1.37 bits per heavy atom. The highest BCUT2D eigenvalue weighted by molar-refractivity contribution is 5.83. The average Bonchev–Trinajstić information content (AvgIpc) is 2.69. The van der Waals surface area contributed by atoms with Gasteiger partial charge in [-0.15, -0.1) is 0 Å². The Morgan fingerprint density at radius 3 is 2.85 bits per heavy atom. The number of carbonyl (C=O) groups excluding carboxylic acids is 2. The topological polar surface area (TPSA) is 85.8 Å². The van der Waals surface area contributed by atoms with Crippen LogP contribution in [0.1, 0.15) is 31.4 Å². The third-order valence-electron chi connectivity index (χ3n) is 5.74. The lowest BCUT2D eigenvalue weighted by molar-refractivity contribution is -0.138. The van der Waals surface area contributed by atoms with Gasteiger partial charge in [-0.1, -0.05) is 6.07 Å². The van der Waals surface area contributed by atoms with Crippen molar-refractivity contribution in [2.75, 3.05) is 39.8 Å². The van der Waals surface area contributed by atoms with E-state index in [-0.39, 0.29) is 24.3 Å². The third-order valence-corrected chi connectivity index (χ3v) is 5.74. The standard InChI is InChI=1S/C20H30N4O3/c1-23-12-8-20(27,9-13-23)15-22-19(26)16-5-6-18(25)24(14-16)11-7-17-4-2-3-10-21-17/h2-4,10,16,27H,5-9,11-15H2,1H3,(H,22,26). The van der Waals surface area contributed by atoms with Gasteiger partial charge in [0, 0.05) is 57.5 Å². The number of carbonyl (C=O) groups is 2. The highest BCUT2D eigenvalue weighted by Crippen LogP contribution is 2.22. The van der Waals surface area contributed by atoms with E-state index in [1.165, 1.54) is 0 Å². The Morgan fingerprint density at radius 2 is 2.15 bits per heavy atom. The number of hydrogen-bond donors (Lipinski definition) is 2. The molecule has 1 unspecified atom stereocenters. The molecule has 0 aromatic carbocycles. The van der Waals surface area contributed by atoms with Crippen molar-refractivity contribution in [2.45, 2.75) is 37.7 Å². The lowest BCUT2D eigenvalue weighted by atomic mass is 9.91. The molecule has 2 fully saturated rings. The van der Waals surface area contributed by atoms with Gasteiger partial charge in [0.25, 0.3) is 0 Å². The number of hydrogen-bond acceptors (Lipinski definition) is 5. The number of aliphatic hydroxyl groups is 1. The van der Waals surface area contributed by atoms with Crippen molar-refractivity contribution in [3.8, 4) is 0 Å². The number of piperidine rings is 2. The van der Waals surface area contributed by atoms with Crippen molar-refractivity contribution in [1.29, 1.82) is 0 Å². The van der Waals surface area contributed by atoms with E-state index in [0.717, 1.165) is 18.8 Å². The Bertz CT molecular complexity index is 644. The molecular weight excluding hydrogens is 344 g/mol. The number of likely N-dealkylation sites (tertiary alicyclic amines) is 2. The van der Waals surface area contributed by atoms with Crippen molar-refractivity contribution in [3.05, 3.63) is 30.1 Å². The molecule has 1 aromatic rings. The lowest BCUT2D eigenvalue weighted by Crippen LogP contribution is -2.52. The summed E-state index contributed by atoms with van der Waals surface area (Å²) in [5.41, 5.74) is 0.132. The van der Waals surface area contributed by atoms with Crippen LogP contribution < -0.4 is 5.32 Å². The fraction of sp³-hybridized carbons (Fsp3) is 0.650. The molecule has 2 N–H and O–H groups in total. The monoisotopic (exact) mass is 374 g/mol. The van der Waals surface area contributed by atoms with Crippen molar-refractivity contribution < 1.29 is 14.7 Å². The van der Waals surface area contributed by atoms with Gasteiger partial charge >= 0.3 is 0 Å². The van der Waals surface area contributed by atoms with E-state index in [2.05, 4.69) is 15.2 Å². The van der Waals surface area contributed by atoms with Crippen LogP contribution in [0.25, 0.3) is 0 Å². The molecule has 2 aliphatic heterocycles. The van der Waals surface area contributed by atoms with E-state index in [9.17, 15) is 14.7 Å². The maximum atomic E-state index is 12.6. The smallest absolute Gasteiger partial charge is 0.225 e. The average molecular weight is 374 g/mol. The van der Waals surface area contributed by atoms with Crippen molar-refractivity contribution in [1.82, 2.24) is 20.1 Å². The number of aromatic nitrogens is 1. The molecule has 7 nitrogen and oxygen atoms in total. The van der Waals surface area contributed by atoms with E-state index in [1.807, 2.05) is 25.2 Å². The van der Waals surface area contributed by atoms with Crippen LogP contribution in [-0.2, 0) is 16.0 Å². The SMILES string of the molecule is CN1CCC(O)(CNC(=O)C2CCC(=O)N(CCc3ccccn3)C2)CC1. The highest BCUT2D eigenvalue weighted by atomic mass is 16.3. The summed E-state index contributed by atoms with van der Waals surface area (Å²) < 4.78 is 0. The first kappa shape index (κ1) is 19.8. The van der Waals surface area contributed by atoms with Crippen LogP contribution in [0.15, 0.2) is 24.4 Å². The van der Waals surface area contributed by atoms with Crippen LogP contribution in [0.2, 0.25) is 0 Å². The van der Waals surface area contributed by atoms with Crippen LogP contribution in [0.4, 0.5) is 0 Å². The molecule has 1 aromatic heterocycles. The summed E-state index contributed by atoms with van der Waals surface area (Å²) in [4.78, 5) is 33.0. The van der Waals surface area contributed by atoms with Gasteiger partial charge in [0.2, 0.25) is 11.8 Å². The Hall–Kier alpha value is -1.99. The zero-order chi connectivity index (χ0) is 19.3. The Kier molecular flexibility index (Phi) is 6.44. The number of pyridine rings is 1. The van der Waals surface area contributed by atoms with Crippen LogP contribution in [-0.4, -0.2) is 77.1 Å². The molecule has 0 spiro atoms. The molecule has 7 heteroatoms. The minimum absolute atomic E-state index is 0.0577. The molecule has 3 heterocycles. The van der Waals surface area contributed by atoms with Crippen molar-refractivity contribution in [3.63, 3.8) is 0 Å². The quantitative estimate of drug-likeness (QED) is 0.755. The van der Waals surface area contributed by atoms with Crippen molar-refractivity contribution >= 4 is 11.8 Å². The first-order valence-electron chi connectivity index (χ1n) is 9.81. The Labute approximate surface area is 160 Å². The molecular formula is C20H30N4O3. The molecule has 0 saturated carbocycles. The molecule has 2 saturated heterocycles. The molecule has 1 atom stereocenters. The molecule has 3 rings (SSSR count). The van der Waals surface area contributed by atoms with E-state index < -0.39 is 5.60 Å². The lowest BCUT2D eigenvalue weighted by Gasteiger charge is -2.37. The summed E-state index contributed by atoms with van der Waals surface area (Å²) in [6, 6.07) is 5.75. The second-order valence-corrected chi connectivity index (χ2v) is 7.89. The van der Waals surface area contributed by atoms with Gasteiger partial charge in [0.1, 0.15) is 0 Å². The molecule has 2 amide bonds. The van der Waals surface area contributed by atoms with Crippen LogP contribution in [0, 0.1) is 5.92 Å². The summed E-state index contributed by atoms with van der Waals surface area (Å²) in [5, 5.41) is 13.6. The predicted molar refractivity (Wildman–Crippen MR) is 102 cm³/mol. The van der Waals surface area contributed by atoms with Crippen LogP contribution >= 0.6 is 0 Å². The van der Waals surface area contributed by atoms with Crippen LogP contribution in [0.5, 0.6) is 0 Å². The summed E-state index contributed by atoms with van der Waals surface area (Å²) >= 11 is 0. The van der Waals surface area contributed by atoms with E-state index in [0.29, 0.717) is 45.2 Å². The second-order valence-electron chi connectivity index (χ2n) is 7.89. The third kappa shape index (κ3) is 5.49.